The van der Waals surface area contributed by atoms with Gasteiger partial charge in [-0.25, -0.2) is 4.39 Å². The summed E-state index contributed by atoms with van der Waals surface area (Å²) in [4.78, 5) is 10.3. The van der Waals surface area contributed by atoms with Crippen LogP contribution in [0, 0.1) is 22.9 Å². The summed E-state index contributed by atoms with van der Waals surface area (Å²) in [6, 6.07) is 2.42. The molecule has 1 aromatic rings. The van der Waals surface area contributed by atoms with Crippen LogP contribution in [0.1, 0.15) is 31.2 Å². The zero-order valence-corrected chi connectivity index (χ0v) is 11.5. The van der Waals surface area contributed by atoms with E-state index in [1.165, 1.54) is 18.9 Å². The van der Waals surface area contributed by atoms with Gasteiger partial charge in [0, 0.05) is 6.54 Å². The van der Waals surface area contributed by atoms with Crippen molar-refractivity contribution >= 4 is 11.4 Å². The highest BCUT2D eigenvalue weighted by Crippen LogP contribution is 2.27. The lowest BCUT2D eigenvalue weighted by Crippen LogP contribution is -2.16. The Hall–Kier alpha value is -1.69. The fourth-order valence-corrected chi connectivity index (χ4v) is 2.43. The monoisotopic (exact) mass is 282 g/mol. The van der Waals surface area contributed by atoms with E-state index in [9.17, 15) is 14.5 Å². The number of nitro groups is 1. The molecule has 110 valence electrons. The van der Waals surface area contributed by atoms with Crippen LogP contribution in [-0.4, -0.2) is 24.2 Å². The van der Waals surface area contributed by atoms with Crippen molar-refractivity contribution in [3.63, 3.8) is 0 Å². The molecule has 0 aliphatic heterocycles. The van der Waals surface area contributed by atoms with Gasteiger partial charge >= 0.3 is 0 Å². The second-order valence-corrected chi connectivity index (χ2v) is 5.08. The van der Waals surface area contributed by atoms with Crippen LogP contribution in [0.3, 0.4) is 0 Å². The normalized spacial score (nSPS) is 15.5. The first kappa shape index (κ1) is 14.7. The van der Waals surface area contributed by atoms with Crippen LogP contribution in [0.4, 0.5) is 15.8 Å². The van der Waals surface area contributed by atoms with E-state index in [1.807, 2.05) is 0 Å². The lowest BCUT2D eigenvalue weighted by Gasteiger charge is -2.12. The summed E-state index contributed by atoms with van der Waals surface area (Å²) >= 11 is 0. The Kier molecular flexibility index (Phi) is 4.89. The van der Waals surface area contributed by atoms with Gasteiger partial charge in [0.1, 0.15) is 11.5 Å². The summed E-state index contributed by atoms with van der Waals surface area (Å²) in [6.07, 6.45) is 4.93. The van der Waals surface area contributed by atoms with Gasteiger partial charge < -0.3 is 10.1 Å². The molecule has 0 amide bonds. The first-order chi connectivity index (χ1) is 9.58. The summed E-state index contributed by atoms with van der Waals surface area (Å²) in [5, 5.41) is 13.8. The number of nitrogens with zero attached hydrogens (tertiary/aromatic N) is 1. The van der Waals surface area contributed by atoms with E-state index < -0.39 is 10.7 Å². The van der Waals surface area contributed by atoms with Crippen molar-refractivity contribution in [3.8, 4) is 0 Å². The Labute approximate surface area is 117 Å². The van der Waals surface area contributed by atoms with Crippen LogP contribution in [0.25, 0.3) is 0 Å². The van der Waals surface area contributed by atoms with Crippen molar-refractivity contribution in [2.24, 2.45) is 0 Å². The predicted octanol–water partition coefficient (Wildman–Crippen LogP) is 3.41. The molecule has 1 aromatic carbocycles. The first-order valence-corrected chi connectivity index (χ1v) is 6.88. The minimum Gasteiger partial charge on any atom is -0.377 e. The number of nitro benzene ring substituents is 1. The predicted molar refractivity (Wildman–Crippen MR) is 74.5 cm³/mol. The average Bonchev–Trinajstić information content (AvgIpc) is 2.91. The van der Waals surface area contributed by atoms with Crippen LogP contribution in [-0.2, 0) is 4.74 Å². The molecule has 5 nitrogen and oxygen atoms in total. The molecule has 1 aliphatic carbocycles. The Morgan fingerprint density at radius 3 is 2.80 bits per heavy atom. The van der Waals surface area contributed by atoms with E-state index in [2.05, 4.69) is 5.32 Å². The van der Waals surface area contributed by atoms with E-state index in [-0.39, 0.29) is 5.69 Å². The molecule has 1 aliphatic rings. The molecule has 2 rings (SSSR count). The third-order valence-electron chi connectivity index (χ3n) is 3.55. The van der Waals surface area contributed by atoms with Gasteiger partial charge in [-0.1, -0.05) is 12.8 Å². The van der Waals surface area contributed by atoms with E-state index in [4.69, 9.17) is 4.74 Å². The molecular weight excluding hydrogens is 263 g/mol. The lowest BCUT2D eigenvalue weighted by atomic mass is 10.2. The van der Waals surface area contributed by atoms with Gasteiger partial charge in [0.15, 0.2) is 0 Å². The van der Waals surface area contributed by atoms with Crippen molar-refractivity contribution in [3.05, 3.63) is 33.6 Å². The summed E-state index contributed by atoms with van der Waals surface area (Å²) in [6.45, 7) is 2.56. The van der Waals surface area contributed by atoms with Gasteiger partial charge in [-0.2, -0.15) is 0 Å². The maximum absolute atomic E-state index is 13.4. The summed E-state index contributed by atoms with van der Waals surface area (Å²) < 4.78 is 19.0. The molecule has 20 heavy (non-hydrogen) atoms. The van der Waals surface area contributed by atoms with Crippen LogP contribution < -0.4 is 5.32 Å². The molecule has 0 spiro atoms. The van der Waals surface area contributed by atoms with Crippen LogP contribution >= 0.6 is 0 Å². The van der Waals surface area contributed by atoms with Gasteiger partial charge in [-0.05, 0) is 31.4 Å². The smallest absolute Gasteiger partial charge is 0.295 e. The molecular formula is C14H19FN2O3. The number of rotatable bonds is 6. The average molecular weight is 282 g/mol. The number of anilines is 1. The second-order valence-electron chi connectivity index (χ2n) is 5.08. The Morgan fingerprint density at radius 2 is 2.15 bits per heavy atom. The number of benzene rings is 1. The van der Waals surface area contributed by atoms with Gasteiger partial charge in [0.05, 0.1) is 23.7 Å². The van der Waals surface area contributed by atoms with E-state index in [1.54, 1.807) is 6.92 Å². The maximum atomic E-state index is 13.4. The third-order valence-corrected chi connectivity index (χ3v) is 3.55. The van der Waals surface area contributed by atoms with Crippen molar-refractivity contribution in [1.29, 1.82) is 0 Å². The second kappa shape index (κ2) is 6.65. The number of halogens is 1. The zero-order valence-electron chi connectivity index (χ0n) is 11.5. The number of hydrogen-bond donors (Lipinski definition) is 1. The molecule has 1 N–H and O–H groups in total. The molecule has 0 heterocycles. The maximum Gasteiger partial charge on any atom is 0.295 e. The van der Waals surface area contributed by atoms with Crippen LogP contribution in [0.2, 0.25) is 0 Å². The number of aryl methyl sites for hydroxylation is 1. The van der Waals surface area contributed by atoms with Crippen molar-refractivity contribution in [2.45, 2.75) is 38.7 Å². The molecule has 0 unspecified atom stereocenters. The molecule has 1 saturated carbocycles. The Balaban J connectivity index is 1.90. The van der Waals surface area contributed by atoms with Crippen LogP contribution in [0.15, 0.2) is 12.1 Å². The highest BCUT2D eigenvalue weighted by Gasteiger charge is 2.17. The summed E-state index contributed by atoms with van der Waals surface area (Å²) in [5.74, 6) is -0.565. The Bertz CT molecular complexity index is 488. The number of nitrogens with one attached hydrogen (secondary N) is 1. The Morgan fingerprint density at radius 1 is 1.45 bits per heavy atom. The number of hydrogen-bond acceptors (Lipinski definition) is 4. The SMILES string of the molecule is Cc1cc(NCCOC2CCCC2)c([N+](=O)[O-])cc1F. The molecule has 0 saturated heterocycles. The zero-order chi connectivity index (χ0) is 14.5. The quantitative estimate of drug-likeness (QED) is 0.493. The van der Waals surface area contributed by atoms with Gasteiger partial charge in [-0.3, -0.25) is 10.1 Å². The molecule has 6 heteroatoms. The van der Waals surface area contributed by atoms with Crippen molar-refractivity contribution in [2.75, 3.05) is 18.5 Å². The van der Waals surface area contributed by atoms with E-state index >= 15 is 0 Å². The molecule has 1 fully saturated rings. The van der Waals surface area contributed by atoms with Crippen molar-refractivity contribution < 1.29 is 14.1 Å². The van der Waals surface area contributed by atoms with Crippen LogP contribution in [0.5, 0.6) is 0 Å². The molecule has 0 atom stereocenters. The molecule has 0 radical (unpaired) electrons. The topological polar surface area (TPSA) is 64.4 Å². The third kappa shape index (κ3) is 3.66. The minimum atomic E-state index is -0.581. The summed E-state index contributed by atoms with van der Waals surface area (Å²) in [7, 11) is 0. The lowest BCUT2D eigenvalue weighted by molar-refractivity contribution is -0.384. The summed E-state index contributed by atoms with van der Waals surface area (Å²) in [5.41, 5.74) is 0.479. The number of ether oxygens (including phenoxy) is 1. The largest absolute Gasteiger partial charge is 0.377 e. The first-order valence-electron chi connectivity index (χ1n) is 6.88. The van der Waals surface area contributed by atoms with Gasteiger partial charge in [0.2, 0.25) is 0 Å². The van der Waals surface area contributed by atoms with E-state index in [0.29, 0.717) is 30.5 Å². The standard InChI is InChI=1S/C14H19FN2O3/c1-10-8-13(14(17(18)19)9-12(10)15)16-6-7-20-11-4-2-3-5-11/h8-9,11,16H,2-7H2,1H3. The molecule has 0 bridgehead atoms. The highest BCUT2D eigenvalue weighted by atomic mass is 19.1. The molecule has 0 aromatic heterocycles. The fraction of sp³-hybridized carbons (Fsp3) is 0.571. The minimum absolute atomic E-state index is 0.242. The van der Waals surface area contributed by atoms with Crippen molar-refractivity contribution in [1.82, 2.24) is 0 Å². The van der Waals surface area contributed by atoms with Gasteiger partial charge in [0.25, 0.3) is 5.69 Å². The van der Waals surface area contributed by atoms with Gasteiger partial charge in [-0.15, -0.1) is 0 Å². The van der Waals surface area contributed by atoms with E-state index in [0.717, 1.165) is 18.9 Å². The highest BCUT2D eigenvalue weighted by molar-refractivity contribution is 5.63. The fourth-order valence-electron chi connectivity index (χ4n) is 2.43.